The fourth-order valence-electron chi connectivity index (χ4n) is 3.86. The third-order valence-corrected chi connectivity index (χ3v) is 6.46. The largest absolute Gasteiger partial charge is 0.490 e. The van der Waals surface area contributed by atoms with Crippen molar-refractivity contribution in [2.45, 2.75) is 19.9 Å². The fraction of sp³-hybridized carbons (Fsp3) is 0.231. The van der Waals surface area contributed by atoms with Crippen LogP contribution in [-0.2, 0) is 9.53 Å². The number of carboxylic acids is 1. The normalized spacial score (nSPS) is 14.9. The van der Waals surface area contributed by atoms with Gasteiger partial charge in [0, 0.05) is 6.20 Å². The lowest BCUT2D eigenvalue weighted by Gasteiger charge is -2.23. The highest BCUT2D eigenvalue weighted by Gasteiger charge is 2.31. The standard InChI is InChI=1S/C26H24N2O7S/c1-4-34-19-11-10-17(13-20(19)35-5-2)22-18(25(32)33-3)14-27-26-28(22)23(29)21(36-26)12-15-6-8-16(9-7-15)24(30)31/h6-14,22H,4-5H2,1-3H3,(H,30,31)/b21-12-/t22-/m1/s1. The highest BCUT2D eigenvalue weighted by molar-refractivity contribution is 7.07. The van der Waals surface area contributed by atoms with Gasteiger partial charge in [0.25, 0.3) is 5.56 Å². The number of thiazole rings is 1. The number of rotatable bonds is 8. The Balaban J connectivity index is 1.87. The van der Waals surface area contributed by atoms with Gasteiger partial charge in [0.15, 0.2) is 16.3 Å². The second kappa shape index (κ2) is 10.6. The van der Waals surface area contributed by atoms with Crippen molar-refractivity contribution in [3.63, 3.8) is 0 Å². The van der Waals surface area contributed by atoms with Crippen molar-refractivity contribution in [1.82, 2.24) is 4.57 Å². The summed E-state index contributed by atoms with van der Waals surface area (Å²) in [4.78, 5) is 42.1. The number of hydrogen-bond acceptors (Lipinski definition) is 8. The molecule has 0 radical (unpaired) electrons. The molecule has 2 heterocycles. The molecule has 0 unspecified atom stereocenters. The van der Waals surface area contributed by atoms with Crippen molar-refractivity contribution in [1.29, 1.82) is 0 Å². The van der Waals surface area contributed by atoms with Crippen molar-refractivity contribution < 1.29 is 28.9 Å². The average Bonchev–Trinajstić information content (AvgIpc) is 3.19. The van der Waals surface area contributed by atoms with Crippen LogP contribution in [0, 0.1) is 0 Å². The lowest BCUT2D eigenvalue weighted by molar-refractivity contribution is -0.136. The van der Waals surface area contributed by atoms with Crippen molar-refractivity contribution in [2.75, 3.05) is 20.3 Å². The van der Waals surface area contributed by atoms with E-state index in [0.29, 0.717) is 45.2 Å². The molecule has 10 heteroatoms. The van der Waals surface area contributed by atoms with Crippen LogP contribution < -0.4 is 24.4 Å². The predicted octanol–water partition coefficient (Wildman–Crippen LogP) is 2.51. The van der Waals surface area contributed by atoms with Crippen molar-refractivity contribution in [3.05, 3.63) is 90.6 Å². The summed E-state index contributed by atoms with van der Waals surface area (Å²) in [5, 5.41) is 9.11. The van der Waals surface area contributed by atoms with Gasteiger partial charge in [-0.2, -0.15) is 0 Å². The third kappa shape index (κ3) is 4.80. The molecule has 0 fully saturated rings. The van der Waals surface area contributed by atoms with E-state index in [9.17, 15) is 14.4 Å². The van der Waals surface area contributed by atoms with Gasteiger partial charge in [-0.25, -0.2) is 14.6 Å². The Kier molecular flexibility index (Phi) is 7.35. The Morgan fingerprint density at radius 3 is 2.42 bits per heavy atom. The molecule has 1 N–H and O–H groups in total. The minimum atomic E-state index is -1.03. The van der Waals surface area contributed by atoms with Crippen LogP contribution in [0.25, 0.3) is 6.08 Å². The van der Waals surface area contributed by atoms with Crippen LogP contribution in [0.3, 0.4) is 0 Å². The van der Waals surface area contributed by atoms with Crippen LogP contribution in [0.5, 0.6) is 11.5 Å². The number of carbonyl (C=O) groups is 2. The summed E-state index contributed by atoms with van der Waals surface area (Å²) in [7, 11) is 1.27. The molecule has 0 amide bonds. The monoisotopic (exact) mass is 508 g/mol. The van der Waals surface area contributed by atoms with Crippen LogP contribution in [0.15, 0.2) is 64.0 Å². The van der Waals surface area contributed by atoms with Crippen LogP contribution in [0.1, 0.15) is 41.4 Å². The molecule has 0 saturated carbocycles. The molecule has 1 atom stereocenters. The number of carboxylic acid groups (broad SMARTS) is 1. The number of aromatic carboxylic acids is 1. The summed E-state index contributed by atoms with van der Waals surface area (Å²) in [6.07, 6.45) is 3.09. The summed E-state index contributed by atoms with van der Waals surface area (Å²) >= 11 is 1.17. The Labute approximate surface area is 210 Å². The van der Waals surface area contributed by atoms with Crippen LogP contribution in [0.4, 0.5) is 0 Å². The molecule has 0 aliphatic carbocycles. The first kappa shape index (κ1) is 24.9. The molecule has 1 aliphatic rings. The van der Waals surface area contributed by atoms with Gasteiger partial charge in [0.1, 0.15) is 0 Å². The van der Waals surface area contributed by atoms with Crippen molar-refractivity contribution in [3.8, 4) is 11.5 Å². The van der Waals surface area contributed by atoms with Gasteiger partial charge in [-0.3, -0.25) is 9.36 Å². The number of fused-ring (bicyclic) bond motifs is 1. The van der Waals surface area contributed by atoms with E-state index in [1.54, 1.807) is 36.4 Å². The van der Waals surface area contributed by atoms with Gasteiger partial charge in [-0.15, -0.1) is 0 Å². The van der Waals surface area contributed by atoms with Crippen LogP contribution >= 0.6 is 11.3 Å². The molecular formula is C26H24N2O7S. The Bertz CT molecular complexity index is 1520. The van der Waals surface area contributed by atoms with Gasteiger partial charge >= 0.3 is 11.9 Å². The van der Waals surface area contributed by atoms with Crippen LogP contribution in [0.2, 0.25) is 0 Å². The molecule has 1 aromatic heterocycles. The number of esters is 1. The number of ether oxygens (including phenoxy) is 3. The van der Waals surface area contributed by atoms with Gasteiger partial charge in [0.05, 0.1) is 42.0 Å². The molecule has 0 saturated heterocycles. The number of carbonyl (C=O) groups excluding carboxylic acids is 1. The van der Waals surface area contributed by atoms with Gasteiger partial charge in [0.2, 0.25) is 0 Å². The van der Waals surface area contributed by atoms with E-state index in [0.717, 1.165) is 0 Å². The van der Waals surface area contributed by atoms with E-state index >= 15 is 0 Å². The number of nitrogens with zero attached hydrogens (tertiary/aromatic N) is 2. The lowest BCUT2D eigenvalue weighted by atomic mass is 9.97. The molecule has 4 rings (SSSR count). The zero-order valence-corrected chi connectivity index (χ0v) is 20.7. The Morgan fingerprint density at radius 2 is 1.78 bits per heavy atom. The Hall–Kier alpha value is -4.18. The molecule has 36 heavy (non-hydrogen) atoms. The molecular weight excluding hydrogens is 484 g/mol. The third-order valence-electron chi connectivity index (χ3n) is 5.46. The van der Waals surface area contributed by atoms with Gasteiger partial charge in [-0.1, -0.05) is 29.5 Å². The SMILES string of the molecule is CCOc1ccc([C@@H]2C(C(=O)OC)=CN=c3s/c(=C\c4ccc(C(=O)O)cc4)c(=O)n32)cc1OCC. The van der Waals surface area contributed by atoms with E-state index in [1.807, 2.05) is 13.8 Å². The quantitative estimate of drug-likeness (QED) is 0.465. The van der Waals surface area contributed by atoms with E-state index in [2.05, 4.69) is 4.99 Å². The first-order valence-electron chi connectivity index (χ1n) is 11.2. The minimum absolute atomic E-state index is 0.150. The summed E-state index contributed by atoms with van der Waals surface area (Å²) in [6, 6.07) is 10.7. The molecule has 0 bridgehead atoms. The molecule has 3 aromatic rings. The molecule has 1 aliphatic heterocycles. The molecule has 0 spiro atoms. The van der Waals surface area contributed by atoms with Gasteiger partial charge in [-0.05, 0) is 55.3 Å². The lowest BCUT2D eigenvalue weighted by Crippen LogP contribution is -2.39. The molecule has 9 nitrogen and oxygen atoms in total. The predicted molar refractivity (Wildman–Crippen MR) is 133 cm³/mol. The molecule has 2 aromatic carbocycles. The van der Waals surface area contributed by atoms with Crippen LogP contribution in [-0.4, -0.2) is 41.9 Å². The Morgan fingerprint density at radius 1 is 1.08 bits per heavy atom. The number of hydrogen-bond donors (Lipinski definition) is 1. The summed E-state index contributed by atoms with van der Waals surface area (Å²) in [5.41, 5.74) is 1.30. The summed E-state index contributed by atoms with van der Waals surface area (Å²) in [5.74, 6) is -0.574. The van der Waals surface area contributed by atoms with Crippen molar-refractivity contribution in [2.24, 2.45) is 4.99 Å². The first-order valence-corrected chi connectivity index (χ1v) is 12.0. The van der Waals surface area contributed by atoms with E-state index in [4.69, 9.17) is 19.3 Å². The van der Waals surface area contributed by atoms with E-state index in [-0.39, 0.29) is 16.7 Å². The summed E-state index contributed by atoms with van der Waals surface area (Å²) < 4.78 is 18.2. The first-order chi connectivity index (χ1) is 17.4. The highest BCUT2D eigenvalue weighted by Crippen LogP contribution is 2.35. The number of benzene rings is 2. The van der Waals surface area contributed by atoms with Gasteiger partial charge < -0.3 is 19.3 Å². The maximum absolute atomic E-state index is 13.6. The second-order valence-electron chi connectivity index (χ2n) is 7.68. The zero-order valence-electron chi connectivity index (χ0n) is 19.9. The highest BCUT2D eigenvalue weighted by atomic mass is 32.1. The number of aromatic nitrogens is 1. The second-order valence-corrected chi connectivity index (χ2v) is 8.68. The fourth-order valence-corrected chi connectivity index (χ4v) is 4.83. The maximum Gasteiger partial charge on any atom is 0.337 e. The zero-order chi connectivity index (χ0) is 25.8. The number of methoxy groups -OCH3 is 1. The summed E-state index contributed by atoms with van der Waals surface area (Å²) in [6.45, 7) is 4.59. The van der Waals surface area contributed by atoms with E-state index < -0.39 is 18.0 Å². The average molecular weight is 509 g/mol. The smallest absolute Gasteiger partial charge is 0.337 e. The minimum Gasteiger partial charge on any atom is -0.490 e. The van der Waals surface area contributed by atoms with Crippen molar-refractivity contribution >= 4 is 29.4 Å². The van der Waals surface area contributed by atoms with E-state index in [1.165, 1.54) is 41.3 Å². The molecule has 186 valence electrons. The topological polar surface area (TPSA) is 116 Å². The maximum atomic E-state index is 13.6.